The smallest absolute Gasteiger partial charge is 0.0647 e. The minimum Gasteiger partial charge on any atom is -0.377 e. The molecule has 2 heterocycles. The van der Waals surface area contributed by atoms with Crippen LogP contribution in [0.3, 0.4) is 0 Å². The van der Waals surface area contributed by atoms with Crippen molar-refractivity contribution in [2.75, 3.05) is 5.32 Å². The molecule has 1 aromatic heterocycles. The molecule has 2 heteroatoms. The molecule has 2 aromatic rings. The van der Waals surface area contributed by atoms with Crippen LogP contribution in [0, 0.1) is 0 Å². The molecule has 0 spiro atoms. The highest BCUT2D eigenvalue weighted by Gasteiger charge is 2.23. The van der Waals surface area contributed by atoms with Crippen molar-refractivity contribution in [1.82, 2.24) is 0 Å². The summed E-state index contributed by atoms with van der Waals surface area (Å²) in [6.07, 6.45) is 2.23. The van der Waals surface area contributed by atoms with Crippen molar-refractivity contribution in [2.45, 2.75) is 25.8 Å². The fourth-order valence-corrected chi connectivity index (χ4v) is 3.19. The maximum atomic E-state index is 3.67. The molecular formula is C14H15NS. The zero-order valence-corrected chi connectivity index (χ0v) is 10.2. The average Bonchev–Trinajstić information content (AvgIpc) is 2.96. The zero-order chi connectivity index (χ0) is 11.0. The van der Waals surface area contributed by atoms with Crippen molar-refractivity contribution < 1.29 is 0 Å². The maximum Gasteiger partial charge on any atom is 0.0647 e. The summed E-state index contributed by atoms with van der Waals surface area (Å²) in [7, 11) is 0. The quantitative estimate of drug-likeness (QED) is 0.820. The van der Waals surface area contributed by atoms with E-state index in [0.29, 0.717) is 6.04 Å². The molecule has 0 fully saturated rings. The first kappa shape index (κ1) is 9.91. The first-order valence-electron chi connectivity index (χ1n) is 5.79. The Bertz CT molecular complexity index is 487. The predicted molar refractivity (Wildman–Crippen MR) is 70.2 cm³/mol. The highest BCUT2D eigenvalue weighted by Crippen LogP contribution is 2.37. The van der Waals surface area contributed by atoms with E-state index in [1.165, 1.54) is 21.7 Å². The summed E-state index contributed by atoms with van der Waals surface area (Å²) >= 11 is 1.84. The second kappa shape index (κ2) is 3.95. The maximum absolute atomic E-state index is 3.67. The summed E-state index contributed by atoms with van der Waals surface area (Å²) in [5.74, 6) is 0. The molecule has 1 atom stereocenters. The van der Waals surface area contributed by atoms with Crippen LogP contribution in [0.25, 0.3) is 0 Å². The number of anilines is 1. The standard InChI is InChI=1S/C14H15NS/c1-2-10-5-3-6-11-9-12(15-14(10)11)13-7-4-8-16-13/h3-8,12,15H,2,9H2,1H3. The third-order valence-corrected chi connectivity index (χ3v) is 4.23. The second-order valence-electron chi connectivity index (χ2n) is 4.22. The number of benzene rings is 1. The Kier molecular flexibility index (Phi) is 2.44. The van der Waals surface area contributed by atoms with Crippen LogP contribution in [0.2, 0.25) is 0 Å². The molecule has 0 saturated heterocycles. The lowest BCUT2D eigenvalue weighted by Crippen LogP contribution is -2.03. The number of aryl methyl sites for hydroxylation is 1. The normalized spacial score (nSPS) is 18.2. The molecule has 1 nitrogen and oxygen atoms in total. The number of thiophene rings is 1. The highest BCUT2D eigenvalue weighted by atomic mass is 32.1. The number of hydrogen-bond donors (Lipinski definition) is 1. The molecule has 0 saturated carbocycles. The topological polar surface area (TPSA) is 12.0 Å². The van der Waals surface area contributed by atoms with Gasteiger partial charge in [0.15, 0.2) is 0 Å². The van der Waals surface area contributed by atoms with Crippen molar-refractivity contribution >= 4 is 17.0 Å². The van der Waals surface area contributed by atoms with Gasteiger partial charge in [0.2, 0.25) is 0 Å². The number of nitrogens with one attached hydrogen (secondary N) is 1. The molecule has 0 amide bonds. The van der Waals surface area contributed by atoms with Crippen molar-refractivity contribution in [3.8, 4) is 0 Å². The summed E-state index contributed by atoms with van der Waals surface area (Å²) in [5, 5.41) is 5.82. The minimum absolute atomic E-state index is 0.489. The van der Waals surface area contributed by atoms with Crippen LogP contribution in [0.5, 0.6) is 0 Å². The molecule has 1 N–H and O–H groups in total. The Morgan fingerprint density at radius 3 is 3.00 bits per heavy atom. The summed E-state index contributed by atoms with van der Waals surface area (Å²) in [6.45, 7) is 2.22. The molecule has 3 rings (SSSR count). The molecule has 82 valence electrons. The third-order valence-electron chi connectivity index (χ3n) is 3.25. The molecule has 16 heavy (non-hydrogen) atoms. The molecule has 0 bridgehead atoms. The van der Waals surface area contributed by atoms with Gasteiger partial charge in [-0.05, 0) is 35.4 Å². The fraction of sp³-hybridized carbons (Fsp3) is 0.286. The number of rotatable bonds is 2. The van der Waals surface area contributed by atoms with E-state index in [-0.39, 0.29) is 0 Å². The van der Waals surface area contributed by atoms with Gasteiger partial charge >= 0.3 is 0 Å². The SMILES string of the molecule is CCc1cccc2c1NC(c1cccs1)C2. The van der Waals surface area contributed by atoms with E-state index in [1.807, 2.05) is 11.3 Å². The Labute approximate surface area is 100 Å². The Balaban J connectivity index is 1.94. The first-order chi connectivity index (χ1) is 7.88. The minimum atomic E-state index is 0.489. The van der Waals surface area contributed by atoms with E-state index >= 15 is 0 Å². The second-order valence-corrected chi connectivity index (χ2v) is 5.20. The predicted octanol–water partition coefficient (Wildman–Crippen LogP) is 4.02. The number of para-hydroxylation sites is 1. The van der Waals surface area contributed by atoms with Crippen molar-refractivity contribution in [2.24, 2.45) is 0 Å². The highest BCUT2D eigenvalue weighted by molar-refractivity contribution is 7.10. The van der Waals surface area contributed by atoms with Crippen LogP contribution in [-0.2, 0) is 12.8 Å². The number of fused-ring (bicyclic) bond motifs is 1. The van der Waals surface area contributed by atoms with Gasteiger partial charge in [0, 0.05) is 10.6 Å². The molecule has 0 aliphatic carbocycles. The first-order valence-corrected chi connectivity index (χ1v) is 6.67. The van der Waals surface area contributed by atoms with Gasteiger partial charge in [-0.3, -0.25) is 0 Å². The Hall–Kier alpha value is -1.28. The van der Waals surface area contributed by atoms with Crippen molar-refractivity contribution in [3.63, 3.8) is 0 Å². The van der Waals surface area contributed by atoms with E-state index in [9.17, 15) is 0 Å². The molecule has 1 unspecified atom stereocenters. The van der Waals surface area contributed by atoms with E-state index in [1.54, 1.807) is 0 Å². The average molecular weight is 229 g/mol. The summed E-state index contributed by atoms with van der Waals surface area (Å²) in [5.41, 5.74) is 4.29. The van der Waals surface area contributed by atoms with E-state index < -0.39 is 0 Å². The zero-order valence-electron chi connectivity index (χ0n) is 9.36. The lowest BCUT2D eigenvalue weighted by atomic mass is 10.0. The van der Waals surface area contributed by atoms with Crippen LogP contribution in [0.4, 0.5) is 5.69 Å². The van der Waals surface area contributed by atoms with Crippen molar-refractivity contribution in [1.29, 1.82) is 0 Å². The van der Waals surface area contributed by atoms with E-state index in [4.69, 9.17) is 0 Å². The van der Waals surface area contributed by atoms with Gasteiger partial charge in [-0.15, -0.1) is 11.3 Å². The summed E-state index contributed by atoms with van der Waals surface area (Å²) in [4.78, 5) is 1.44. The van der Waals surface area contributed by atoms with Gasteiger partial charge in [0.25, 0.3) is 0 Å². The largest absolute Gasteiger partial charge is 0.377 e. The molecular weight excluding hydrogens is 214 g/mol. The molecule has 1 aliphatic heterocycles. The summed E-state index contributed by atoms with van der Waals surface area (Å²) in [6, 6.07) is 11.5. The lowest BCUT2D eigenvalue weighted by molar-refractivity contribution is 0.843. The Morgan fingerprint density at radius 1 is 1.31 bits per heavy atom. The van der Waals surface area contributed by atoms with Crippen LogP contribution >= 0.6 is 11.3 Å². The van der Waals surface area contributed by atoms with Gasteiger partial charge < -0.3 is 5.32 Å². The van der Waals surface area contributed by atoms with Crippen LogP contribution in [0.15, 0.2) is 35.7 Å². The van der Waals surface area contributed by atoms with Gasteiger partial charge in [-0.2, -0.15) is 0 Å². The Morgan fingerprint density at radius 2 is 2.25 bits per heavy atom. The van der Waals surface area contributed by atoms with Gasteiger partial charge in [-0.25, -0.2) is 0 Å². The third kappa shape index (κ3) is 1.54. The molecule has 1 aromatic carbocycles. The summed E-state index contributed by atoms with van der Waals surface area (Å²) < 4.78 is 0. The van der Waals surface area contributed by atoms with Crippen molar-refractivity contribution in [3.05, 3.63) is 51.7 Å². The van der Waals surface area contributed by atoms with Crippen LogP contribution in [-0.4, -0.2) is 0 Å². The van der Waals surface area contributed by atoms with E-state index in [2.05, 4.69) is 48.0 Å². The molecule has 0 radical (unpaired) electrons. The number of hydrogen-bond acceptors (Lipinski definition) is 2. The van der Waals surface area contributed by atoms with Crippen LogP contribution < -0.4 is 5.32 Å². The van der Waals surface area contributed by atoms with Gasteiger partial charge in [0.05, 0.1) is 6.04 Å². The van der Waals surface area contributed by atoms with E-state index in [0.717, 1.165) is 12.8 Å². The van der Waals surface area contributed by atoms with Gasteiger partial charge in [0.1, 0.15) is 0 Å². The van der Waals surface area contributed by atoms with Crippen LogP contribution in [0.1, 0.15) is 29.0 Å². The lowest BCUT2D eigenvalue weighted by Gasteiger charge is -2.10. The molecule has 1 aliphatic rings. The fourth-order valence-electron chi connectivity index (χ4n) is 2.41. The van der Waals surface area contributed by atoms with Gasteiger partial charge in [-0.1, -0.05) is 31.2 Å². The monoisotopic (exact) mass is 229 g/mol.